The average Bonchev–Trinajstić information content (AvgIpc) is 2.76. The summed E-state index contributed by atoms with van der Waals surface area (Å²) in [7, 11) is 0. The zero-order valence-corrected chi connectivity index (χ0v) is 15.6. The predicted octanol–water partition coefficient (Wildman–Crippen LogP) is 4.70. The monoisotopic (exact) mass is 342 g/mol. The van der Waals surface area contributed by atoms with Gasteiger partial charge in [-0.05, 0) is 44.6 Å². The van der Waals surface area contributed by atoms with Gasteiger partial charge in [-0.3, -0.25) is 4.79 Å². The van der Waals surface area contributed by atoms with E-state index in [0.717, 1.165) is 37.7 Å². The number of ketones is 1. The second-order valence-corrected chi connectivity index (χ2v) is 8.00. The van der Waals surface area contributed by atoms with Gasteiger partial charge in [0.15, 0.2) is 5.78 Å². The molecule has 3 atom stereocenters. The molecule has 1 aliphatic carbocycles. The van der Waals surface area contributed by atoms with Crippen LogP contribution in [0.15, 0.2) is 42.5 Å². The van der Waals surface area contributed by atoms with Crippen LogP contribution in [-0.4, -0.2) is 24.6 Å². The first-order valence-electron chi connectivity index (χ1n) is 9.44. The summed E-state index contributed by atoms with van der Waals surface area (Å²) >= 11 is 0. The largest absolute Gasteiger partial charge is 0.377 e. The van der Waals surface area contributed by atoms with Crippen molar-refractivity contribution in [3.63, 3.8) is 0 Å². The van der Waals surface area contributed by atoms with Gasteiger partial charge in [-0.1, -0.05) is 49.4 Å². The van der Waals surface area contributed by atoms with E-state index in [1.807, 2.05) is 25.1 Å². The molecule has 136 valence electrons. The Kier molecular flexibility index (Phi) is 5.45. The van der Waals surface area contributed by atoms with Crippen LogP contribution in [0.2, 0.25) is 0 Å². The first-order chi connectivity index (χ1) is 12.0. The molecule has 0 N–H and O–H groups in total. The van der Waals surface area contributed by atoms with Gasteiger partial charge in [-0.2, -0.15) is 0 Å². The number of Topliss-reactive ketones (excluding diaryl/α,β-unsaturated/α-hetero) is 1. The van der Waals surface area contributed by atoms with Crippen molar-refractivity contribution < 1.29 is 14.3 Å². The smallest absolute Gasteiger partial charge is 0.173 e. The lowest BCUT2D eigenvalue weighted by atomic mass is 9.62. The molecule has 0 radical (unpaired) electrons. The Balaban J connectivity index is 1.50. The fourth-order valence-corrected chi connectivity index (χ4v) is 4.43. The van der Waals surface area contributed by atoms with Gasteiger partial charge in [-0.25, -0.2) is 0 Å². The number of hydrogen-bond acceptors (Lipinski definition) is 3. The average molecular weight is 342 g/mol. The minimum atomic E-state index is -0.627. The summed E-state index contributed by atoms with van der Waals surface area (Å²) < 4.78 is 11.9. The minimum Gasteiger partial charge on any atom is -0.377 e. The van der Waals surface area contributed by atoms with Crippen molar-refractivity contribution in [2.24, 2.45) is 11.3 Å². The standard InChI is InChI=1S/C22H30O3/c1-17(2)19-11-13-21(3)16-25-22(19,20(21)23)12-7-8-14-24-15-18-9-5-4-6-10-18/h4-6,9-10,19H,1,7-8,11-16H2,2-3H3/t19-,21+,22+/m0/s1. The lowest BCUT2D eigenvalue weighted by Crippen LogP contribution is -2.51. The van der Waals surface area contributed by atoms with Crippen molar-refractivity contribution in [1.29, 1.82) is 0 Å². The number of fused-ring (bicyclic) bond motifs is 2. The summed E-state index contributed by atoms with van der Waals surface area (Å²) in [5, 5.41) is 0. The molecule has 1 aliphatic heterocycles. The third kappa shape index (κ3) is 3.58. The molecule has 3 nitrogen and oxygen atoms in total. The highest BCUT2D eigenvalue weighted by Gasteiger charge is 2.61. The Bertz CT molecular complexity index is 623. The Morgan fingerprint density at radius 1 is 1.32 bits per heavy atom. The van der Waals surface area contributed by atoms with Crippen molar-refractivity contribution in [2.45, 2.75) is 58.2 Å². The summed E-state index contributed by atoms with van der Waals surface area (Å²) in [6.07, 6.45) is 4.62. The summed E-state index contributed by atoms with van der Waals surface area (Å²) in [5.41, 5.74) is 1.37. The van der Waals surface area contributed by atoms with E-state index in [9.17, 15) is 4.79 Å². The third-order valence-corrected chi connectivity index (χ3v) is 5.92. The Morgan fingerprint density at radius 3 is 2.80 bits per heavy atom. The molecule has 2 fully saturated rings. The molecule has 1 aromatic carbocycles. The van der Waals surface area contributed by atoms with E-state index in [-0.39, 0.29) is 11.3 Å². The summed E-state index contributed by atoms with van der Waals surface area (Å²) in [6, 6.07) is 10.2. The highest BCUT2D eigenvalue weighted by atomic mass is 16.5. The van der Waals surface area contributed by atoms with Crippen molar-refractivity contribution in [3.05, 3.63) is 48.0 Å². The van der Waals surface area contributed by atoms with Crippen LogP contribution >= 0.6 is 0 Å². The number of hydrogen-bond donors (Lipinski definition) is 0. The molecule has 1 saturated heterocycles. The van der Waals surface area contributed by atoms with Crippen LogP contribution in [0.4, 0.5) is 0 Å². The molecule has 0 unspecified atom stereocenters. The molecule has 0 aromatic heterocycles. The van der Waals surface area contributed by atoms with Gasteiger partial charge < -0.3 is 9.47 Å². The lowest BCUT2D eigenvalue weighted by molar-refractivity contribution is -0.143. The van der Waals surface area contributed by atoms with Gasteiger partial charge in [0.2, 0.25) is 0 Å². The van der Waals surface area contributed by atoms with E-state index in [0.29, 0.717) is 25.6 Å². The minimum absolute atomic E-state index is 0.167. The predicted molar refractivity (Wildman–Crippen MR) is 99.3 cm³/mol. The molecular formula is C22H30O3. The summed E-state index contributed by atoms with van der Waals surface area (Å²) in [4.78, 5) is 13.1. The fraction of sp³-hybridized carbons (Fsp3) is 0.591. The highest BCUT2D eigenvalue weighted by Crippen LogP contribution is 2.53. The highest BCUT2D eigenvalue weighted by molar-refractivity contribution is 5.95. The summed E-state index contributed by atoms with van der Waals surface area (Å²) in [6.45, 7) is 10.2. The topological polar surface area (TPSA) is 35.5 Å². The Hall–Kier alpha value is -1.45. The molecule has 0 spiro atoms. The first-order valence-corrected chi connectivity index (χ1v) is 9.44. The SMILES string of the molecule is C=C(C)[C@@H]1CC[C@]2(C)CO[C@@]1(CCCCOCc1ccccc1)C2=O. The van der Waals surface area contributed by atoms with Crippen LogP contribution in [0.3, 0.4) is 0 Å². The van der Waals surface area contributed by atoms with E-state index < -0.39 is 5.60 Å². The van der Waals surface area contributed by atoms with E-state index in [1.165, 1.54) is 5.56 Å². The number of carbonyl (C=O) groups is 1. The van der Waals surface area contributed by atoms with Gasteiger partial charge in [0, 0.05) is 12.5 Å². The van der Waals surface area contributed by atoms with Crippen LogP contribution in [-0.2, 0) is 20.9 Å². The zero-order valence-electron chi connectivity index (χ0n) is 15.6. The maximum Gasteiger partial charge on any atom is 0.173 e. The molecular weight excluding hydrogens is 312 g/mol. The maximum absolute atomic E-state index is 13.1. The number of carbonyl (C=O) groups excluding carboxylic acids is 1. The van der Waals surface area contributed by atoms with Crippen LogP contribution in [0.25, 0.3) is 0 Å². The second-order valence-electron chi connectivity index (χ2n) is 8.00. The summed E-state index contributed by atoms with van der Waals surface area (Å²) in [5.74, 6) is 0.477. The van der Waals surface area contributed by atoms with E-state index >= 15 is 0 Å². The number of ether oxygens (including phenoxy) is 2. The molecule has 2 bridgehead atoms. The van der Waals surface area contributed by atoms with Crippen molar-refractivity contribution >= 4 is 5.78 Å². The second kappa shape index (κ2) is 7.43. The van der Waals surface area contributed by atoms with Crippen LogP contribution in [0.1, 0.15) is 51.5 Å². The zero-order chi connectivity index (χ0) is 17.9. The van der Waals surface area contributed by atoms with Crippen molar-refractivity contribution in [3.8, 4) is 0 Å². The van der Waals surface area contributed by atoms with Gasteiger partial charge in [0.05, 0.1) is 18.6 Å². The van der Waals surface area contributed by atoms with Crippen molar-refractivity contribution in [1.82, 2.24) is 0 Å². The van der Waals surface area contributed by atoms with Gasteiger partial charge in [0.1, 0.15) is 5.60 Å². The molecule has 3 heteroatoms. The quantitative estimate of drug-likeness (QED) is 0.507. The van der Waals surface area contributed by atoms with E-state index in [2.05, 4.69) is 25.6 Å². The molecule has 1 heterocycles. The number of benzene rings is 1. The van der Waals surface area contributed by atoms with Crippen LogP contribution < -0.4 is 0 Å². The maximum atomic E-state index is 13.1. The van der Waals surface area contributed by atoms with Gasteiger partial charge >= 0.3 is 0 Å². The molecule has 25 heavy (non-hydrogen) atoms. The fourth-order valence-electron chi connectivity index (χ4n) is 4.43. The van der Waals surface area contributed by atoms with Gasteiger partial charge in [0.25, 0.3) is 0 Å². The molecule has 2 aliphatic rings. The molecule has 1 saturated carbocycles. The molecule has 1 aromatic rings. The van der Waals surface area contributed by atoms with Crippen molar-refractivity contribution in [2.75, 3.05) is 13.2 Å². The van der Waals surface area contributed by atoms with E-state index in [1.54, 1.807) is 0 Å². The first kappa shape index (κ1) is 18.3. The van der Waals surface area contributed by atoms with Gasteiger partial charge in [-0.15, -0.1) is 0 Å². The number of unbranched alkanes of at least 4 members (excludes halogenated alkanes) is 1. The number of rotatable bonds is 8. The Labute approximate surface area is 151 Å². The van der Waals surface area contributed by atoms with E-state index in [4.69, 9.17) is 9.47 Å². The van der Waals surface area contributed by atoms with Crippen LogP contribution in [0, 0.1) is 11.3 Å². The van der Waals surface area contributed by atoms with Crippen LogP contribution in [0.5, 0.6) is 0 Å². The molecule has 0 amide bonds. The third-order valence-electron chi connectivity index (χ3n) is 5.92. The lowest BCUT2D eigenvalue weighted by Gasteiger charge is -2.41. The molecule has 3 rings (SSSR count). The normalized spacial score (nSPS) is 31.3. The Morgan fingerprint density at radius 2 is 2.08 bits per heavy atom.